The van der Waals surface area contributed by atoms with Gasteiger partial charge in [-0.2, -0.15) is 0 Å². The average molecular weight is 114 g/mol. The molecule has 0 aromatic carbocycles. The summed E-state index contributed by atoms with van der Waals surface area (Å²) in [4.78, 5) is 0. The molecule has 0 heterocycles. The van der Waals surface area contributed by atoms with E-state index in [-0.39, 0.29) is 0 Å². The zero-order chi connectivity index (χ0) is 6.73. The van der Waals surface area contributed by atoms with Gasteiger partial charge in [0.05, 0.1) is 0 Å². The second-order valence-electron chi connectivity index (χ2n) is 2.74. The molecule has 0 rings (SSSR count). The standard InChI is InChI=1S/C7H16N/c1-6(2)7(3)8(4)5/h6-7H,4H2,1-3,5H3/q+1. The Morgan fingerprint density at radius 3 is 1.62 bits per heavy atom. The van der Waals surface area contributed by atoms with Crippen molar-refractivity contribution in [2.75, 3.05) is 7.05 Å². The first-order chi connectivity index (χ1) is 3.55. The monoisotopic (exact) mass is 114 g/mol. The van der Waals surface area contributed by atoms with Crippen molar-refractivity contribution in [1.29, 1.82) is 0 Å². The molecule has 0 fully saturated rings. The number of rotatable bonds is 2. The third kappa shape index (κ3) is 2.10. The maximum atomic E-state index is 3.79. The van der Waals surface area contributed by atoms with E-state index in [4.69, 9.17) is 0 Å². The molecule has 0 N–H and O–H groups in total. The van der Waals surface area contributed by atoms with Crippen LogP contribution in [0.25, 0.3) is 0 Å². The number of hydrogen-bond donors (Lipinski definition) is 0. The van der Waals surface area contributed by atoms with E-state index in [0.29, 0.717) is 12.0 Å². The normalized spacial score (nSPS) is 14.1. The Balaban J connectivity index is 3.64. The van der Waals surface area contributed by atoms with Gasteiger partial charge in [-0.25, -0.2) is 4.58 Å². The molecular formula is C7H16N+. The van der Waals surface area contributed by atoms with Gasteiger partial charge in [0.2, 0.25) is 0 Å². The van der Waals surface area contributed by atoms with Crippen molar-refractivity contribution >= 4 is 6.72 Å². The Morgan fingerprint density at radius 2 is 1.62 bits per heavy atom. The summed E-state index contributed by atoms with van der Waals surface area (Å²) in [6.45, 7) is 10.4. The van der Waals surface area contributed by atoms with Gasteiger partial charge in [0, 0.05) is 5.92 Å². The predicted molar refractivity (Wildman–Crippen MR) is 37.6 cm³/mol. The second-order valence-corrected chi connectivity index (χ2v) is 2.74. The molecule has 0 aliphatic heterocycles. The molecule has 1 nitrogen and oxygen atoms in total. The molecule has 1 atom stereocenters. The molecule has 8 heavy (non-hydrogen) atoms. The molecule has 0 saturated heterocycles. The molecule has 0 bridgehead atoms. The van der Waals surface area contributed by atoms with Gasteiger partial charge in [-0.15, -0.1) is 0 Å². The lowest BCUT2D eigenvalue weighted by molar-refractivity contribution is -0.533. The third-order valence-corrected chi connectivity index (χ3v) is 1.66. The van der Waals surface area contributed by atoms with Crippen molar-refractivity contribution < 1.29 is 4.58 Å². The lowest BCUT2D eigenvalue weighted by Crippen LogP contribution is -2.23. The third-order valence-electron chi connectivity index (χ3n) is 1.66. The molecule has 0 aliphatic rings. The fourth-order valence-electron chi connectivity index (χ4n) is 0.509. The summed E-state index contributed by atoms with van der Waals surface area (Å²) in [7, 11) is 2.00. The van der Waals surface area contributed by atoms with Crippen molar-refractivity contribution in [3.8, 4) is 0 Å². The van der Waals surface area contributed by atoms with Gasteiger partial charge in [-0.1, -0.05) is 13.8 Å². The molecule has 1 heteroatoms. The van der Waals surface area contributed by atoms with E-state index in [1.165, 1.54) is 0 Å². The SMILES string of the molecule is C=[N+](C)C(C)C(C)C. The van der Waals surface area contributed by atoms with Gasteiger partial charge in [0.1, 0.15) is 13.8 Å². The van der Waals surface area contributed by atoms with Crippen molar-refractivity contribution in [2.24, 2.45) is 5.92 Å². The zero-order valence-electron chi connectivity index (χ0n) is 6.31. The van der Waals surface area contributed by atoms with Crippen LogP contribution in [0.2, 0.25) is 0 Å². The van der Waals surface area contributed by atoms with Crippen molar-refractivity contribution in [3.05, 3.63) is 0 Å². The molecule has 0 saturated carbocycles. The lowest BCUT2D eigenvalue weighted by atomic mass is 10.1. The highest BCUT2D eigenvalue weighted by Crippen LogP contribution is 2.01. The molecule has 0 amide bonds. The smallest absolute Gasteiger partial charge is 0.151 e. The predicted octanol–water partition coefficient (Wildman–Crippen LogP) is 1.37. The summed E-state index contributed by atoms with van der Waals surface area (Å²) in [6.07, 6.45) is 0. The van der Waals surface area contributed by atoms with E-state index in [1.807, 2.05) is 11.6 Å². The second kappa shape index (κ2) is 2.85. The highest BCUT2D eigenvalue weighted by atomic mass is 15.0. The van der Waals surface area contributed by atoms with E-state index in [9.17, 15) is 0 Å². The van der Waals surface area contributed by atoms with Gasteiger partial charge in [-0.05, 0) is 6.92 Å². The minimum Gasteiger partial charge on any atom is -0.242 e. The van der Waals surface area contributed by atoms with Gasteiger partial charge in [-0.3, -0.25) is 0 Å². The maximum absolute atomic E-state index is 3.79. The number of hydrogen-bond acceptors (Lipinski definition) is 0. The van der Waals surface area contributed by atoms with E-state index >= 15 is 0 Å². The summed E-state index contributed by atoms with van der Waals surface area (Å²) >= 11 is 0. The first kappa shape index (κ1) is 7.67. The summed E-state index contributed by atoms with van der Waals surface area (Å²) in [5.41, 5.74) is 0. The lowest BCUT2D eigenvalue weighted by Gasteiger charge is -2.08. The van der Waals surface area contributed by atoms with Crippen LogP contribution in [0.3, 0.4) is 0 Å². The van der Waals surface area contributed by atoms with Gasteiger partial charge in [0.25, 0.3) is 0 Å². The molecule has 0 spiro atoms. The molecule has 1 unspecified atom stereocenters. The minimum atomic E-state index is 0.593. The molecule has 0 aromatic heterocycles. The molecule has 48 valence electrons. The highest BCUT2D eigenvalue weighted by molar-refractivity contribution is 5.14. The van der Waals surface area contributed by atoms with E-state index < -0.39 is 0 Å². The fourth-order valence-corrected chi connectivity index (χ4v) is 0.509. The zero-order valence-corrected chi connectivity index (χ0v) is 6.31. The van der Waals surface area contributed by atoms with Crippen molar-refractivity contribution in [1.82, 2.24) is 0 Å². The van der Waals surface area contributed by atoms with Crippen LogP contribution >= 0.6 is 0 Å². The van der Waals surface area contributed by atoms with Gasteiger partial charge < -0.3 is 0 Å². The van der Waals surface area contributed by atoms with Gasteiger partial charge >= 0.3 is 0 Å². The fraction of sp³-hybridized carbons (Fsp3) is 0.857. The van der Waals surface area contributed by atoms with Crippen LogP contribution in [0.5, 0.6) is 0 Å². The van der Waals surface area contributed by atoms with Crippen LogP contribution in [0, 0.1) is 5.92 Å². The van der Waals surface area contributed by atoms with Crippen LogP contribution in [0.4, 0.5) is 0 Å². The molecular weight excluding hydrogens is 98.1 g/mol. The summed E-state index contributed by atoms with van der Waals surface area (Å²) in [6, 6.07) is 0.593. The minimum absolute atomic E-state index is 0.593. The van der Waals surface area contributed by atoms with Crippen LogP contribution < -0.4 is 0 Å². The van der Waals surface area contributed by atoms with Crippen LogP contribution in [0.1, 0.15) is 20.8 Å². The quantitative estimate of drug-likeness (QED) is 0.377. The topological polar surface area (TPSA) is 3.01 Å². The maximum Gasteiger partial charge on any atom is 0.151 e. The molecule has 0 aliphatic carbocycles. The summed E-state index contributed by atoms with van der Waals surface area (Å²) < 4.78 is 1.99. The van der Waals surface area contributed by atoms with Crippen LogP contribution in [-0.4, -0.2) is 24.4 Å². The van der Waals surface area contributed by atoms with E-state index in [2.05, 4.69) is 27.5 Å². The Morgan fingerprint density at radius 1 is 1.25 bits per heavy atom. The Bertz CT molecular complexity index is 84.4. The molecule has 0 radical (unpaired) electrons. The van der Waals surface area contributed by atoms with Gasteiger partial charge in [0.15, 0.2) is 6.04 Å². The van der Waals surface area contributed by atoms with Crippen LogP contribution in [-0.2, 0) is 0 Å². The Kier molecular flexibility index (Phi) is 2.74. The summed E-state index contributed by atoms with van der Waals surface area (Å²) in [5, 5.41) is 0. The summed E-state index contributed by atoms with van der Waals surface area (Å²) in [5.74, 6) is 0.706. The Hall–Kier alpha value is -0.330. The van der Waals surface area contributed by atoms with E-state index in [0.717, 1.165) is 0 Å². The Labute approximate surface area is 52.0 Å². The largest absolute Gasteiger partial charge is 0.242 e. The average Bonchev–Trinajstić information content (AvgIpc) is 1.64. The molecule has 0 aromatic rings. The first-order valence-corrected chi connectivity index (χ1v) is 3.09. The number of nitrogens with zero attached hydrogens (tertiary/aromatic N) is 1. The van der Waals surface area contributed by atoms with Crippen molar-refractivity contribution in [3.63, 3.8) is 0 Å². The van der Waals surface area contributed by atoms with E-state index in [1.54, 1.807) is 0 Å². The first-order valence-electron chi connectivity index (χ1n) is 3.09. The van der Waals surface area contributed by atoms with Crippen molar-refractivity contribution in [2.45, 2.75) is 26.8 Å². The van der Waals surface area contributed by atoms with Crippen LogP contribution in [0.15, 0.2) is 0 Å². The highest BCUT2D eigenvalue weighted by Gasteiger charge is 2.11.